The Morgan fingerprint density at radius 1 is 1.20 bits per heavy atom. The van der Waals surface area contributed by atoms with E-state index in [-0.39, 0.29) is 24.0 Å². The van der Waals surface area contributed by atoms with Crippen LogP contribution in [0.15, 0.2) is 42.5 Å². The molecule has 0 bridgehead atoms. The van der Waals surface area contributed by atoms with Gasteiger partial charge in [0.15, 0.2) is 0 Å². The number of benzene rings is 2. The highest BCUT2D eigenvalue weighted by molar-refractivity contribution is 6.30. The van der Waals surface area contributed by atoms with Crippen molar-refractivity contribution in [1.29, 1.82) is 0 Å². The molecule has 3 aromatic rings. The predicted octanol–water partition coefficient (Wildman–Crippen LogP) is 5.04. The predicted molar refractivity (Wildman–Crippen MR) is 139 cm³/mol. The highest BCUT2D eigenvalue weighted by atomic mass is 35.5. The monoisotopic (exact) mass is 495 g/mol. The van der Waals surface area contributed by atoms with E-state index < -0.39 is 0 Å². The highest BCUT2D eigenvalue weighted by Gasteiger charge is 2.47. The first kappa shape index (κ1) is 24.2. The number of aliphatic hydroxyl groups is 1. The number of piperidine rings is 1. The zero-order valence-electron chi connectivity index (χ0n) is 20.5. The molecule has 3 heterocycles. The van der Waals surface area contributed by atoms with Gasteiger partial charge in [-0.05, 0) is 54.7 Å². The zero-order chi connectivity index (χ0) is 24.6. The minimum absolute atomic E-state index is 0.0295. The lowest BCUT2D eigenvalue weighted by Crippen LogP contribution is -2.54. The van der Waals surface area contributed by atoms with Crippen molar-refractivity contribution in [2.75, 3.05) is 33.4 Å². The number of likely N-dealkylation sites (tertiary alicyclic amines) is 1. The van der Waals surface area contributed by atoms with Crippen LogP contribution in [0.4, 0.5) is 0 Å². The summed E-state index contributed by atoms with van der Waals surface area (Å²) < 4.78 is 5.48. The number of ether oxygens (including phenoxy) is 1. The third-order valence-electron chi connectivity index (χ3n) is 7.85. The molecule has 7 heteroatoms. The van der Waals surface area contributed by atoms with E-state index in [1.54, 1.807) is 7.11 Å². The van der Waals surface area contributed by atoms with Crippen molar-refractivity contribution >= 4 is 28.4 Å². The van der Waals surface area contributed by atoms with Gasteiger partial charge >= 0.3 is 0 Å². The molecule has 2 aliphatic heterocycles. The van der Waals surface area contributed by atoms with Crippen molar-refractivity contribution in [2.24, 2.45) is 0 Å². The number of aromatic amines is 1. The molecule has 1 amide bonds. The summed E-state index contributed by atoms with van der Waals surface area (Å²) in [6.07, 6.45) is 3.30. The number of aromatic nitrogens is 1. The second kappa shape index (κ2) is 9.84. The molecule has 0 saturated carbocycles. The van der Waals surface area contributed by atoms with Crippen LogP contribution in [0, 0.1) is 0 Å². The van der Waals surface area contributed by atoms with Crippen molar-refractivity contribution < 1.29 is 14.6 Å². The van der Waals surface area contributed by atoms with Gasteiger partial charge in [0, 0.05) is 65.7 Å². The SMILES string of the molecule is CCCC(=O)N1CCC2(CC1)CN(Cc1ccc(Cl)cc1)[C@H](CO)c1[nH]c3cc(OC)ccc3c12. The standard InChI is InChI=1S/C28H34ClN3O3/c1-3-4-25(34)31-13-11-28(12-14-31)18-32(16-19-5-7-20(29)8-6-19)24(17-33)27-26(28)22-10-9-21(35-2)15-23(22)30-27/h5-10,15,24,30,33H,3-4,11-14,16-18H2,1-2H3/t24-/m1/s1. The van der Waals surface area contributed by atoms with Crippen molar-refractivity contribution in [3.63, 3.8) is 0 Å². The smallest absolute Gasteiger partial charge is 0.222 e. The van der Waals surface area contributed by atoms with Crippen LogP contribution in [-0.2, 0) is 16.8 Å². The van der Waals surface area contributed by atoms with Gasteiger partial charge in [-0.3, -0.25) is 9.69 Å². The summed E-state index contributed by atoms with van der Waals surface area (Å²) >= 11 is 6.12. The Morgan fingerprint density at radius 2 is 1.94 bits per heavy atom. The number of hydrogen-bond acceptors (Lipinski definition) is 4. The summed E-state index contributed by atoms with van der Waals surface area (Å²) in [7, 11) is 1.68. The van der Waals surface area contributed by atoms with E-state index in [1.165, 1.54) is 16.5 Å². The van der Waals surface area contributed by atoms with E-state index in [2.05, 4.69) is 35.0 Å². The lowest BCUT2D eigenvalue weighted by molar-refractivity contribution is -0.133. The minimum atomic E-state index is -0.135. The Hall–Kier alpha value is -2.54. The summed E-state index contributed by atoms with van der Waals surface area (Å²) in [6, 6.07) is 14.0. The van der Waals surface area contributed by atoms with Gasteiger partial charge in [0.1, 0.15) is 5.75 Å². The number of carbonyl (C=O) groups is 1. The van der Waals surface area contributed by atoms with Crippen LogP contribution >= 0.6 is 11.6 Å². The third-order valence-corrected chi connectivity index (χ3v) is 8.11. The fraction of sp³-hybridized carbons (Fsp3) is 0.464. The number of halogens is 1. The number of H-pyrrole nitrogens is 1. The van der Waals surface area contributed by atoms with Crippen LogP contribution in [0.1, 0.15) is 55.5 Å². The molecule has 1 fully saturated rings. The largest absolute Gasteiger partial charge is 0.497 e. The fourth-order valence-electron chi connectivity index (χ4n) is 6.07. The van der Waals surface area contributed by atoms with E-state index in [0.717, 1.165) is 67.4 Å². The first-order valence-corrected chi connectivity index (χ1v) is 12.9. The van der Waals surface area contributed by atoms with E-state index in [4.69, 9.17) is 16.3 Å². The molecule has 6 nitrogen and oxygen atoms in total. The summed E-state index contributed by atoms with van der Waals surface area (Å²) in [5.74, 6) is 1.07. The maximum atomic E-state index is 12.6. The van der Waals surface area contributed by atoms with Crippen LogP contribution < -0.4 is 4.74 Å². The van der Waals surface area contributed by atoms with Crippen molar-refractivity contribution in [3.05, 3.63) is 64.3 Å². The van der Waals surface area contributed by atoms with Gasteiger partial charge in [0.05, 0.1) is 19.8 Å². The summed E-state index contributed by atoms with van der Waals surface area (Å²) in [5, 5.41) is 12.5. The maximum Gasteiger partial charge on any atom is 0.222 e. The molecule has 35 heavy (non-hydrogen) atoms. The number of rotatable bonds is 6. The van der Waals surface area contributed by atoms with Crippen LogP contribution in [0.5, 0.6) is 5.75 Å². The molecule has 0 aliphatic carbocycles. The molecule has 5 rings (SSSR count). The molecular weight excluding hydrogens is 462 g/mol. The molecule has 186 valence electrons. The molecular formula is C28H34ClN3O3. The topological polar surface area (TPSA) is 68.8 Å². The molecule has 2 aliphatic rings. The minimum Gasteiger partial charge on any atom is -0.497 e. The maximum absolute atomic E-state index is 12.6. The number of nitrogens with one attached hydrogen (secondary N) is 1. The van der Waals surface area contributed by atoms with Gasteiger partial charge in [-0.2, -0.15) is 0 Å². The number of nitrogens with zero attached hydrogens (tertiary/aromatic N) is 2. The summed E-state index contributed by atoms with van der Waals surface area (Å²) in [6.45, 7) is 5.17. The lowest BCUT2D eigenvalue weighted by atomic mass is 9.68. The van der Waals surface area contributed by atoms with Gasteiger partial charge < -0.3 is 19.7 Å². The third kappa shape index (κ3) is 4.44. The van der Waals surface area contributed by atoms with Crippen LogP contribution in [0.3, 0.4) is 0 Å². The molecule has 1 spiro atoms. The van der Waals surface area contributed by atoms with Gasteiger partial charge in [0.25, 0.3) is 0 Å². The summed E-state index contributed by atoms with van der Waals surface area (Å²) in [5.41, 5.74) is 4.50. The van der Waals surface area contributed by atoms with E-state index >= 15 is 0 Å². The van der Waals surface area contributed by atoms with Crippen LogP contribution in [0.25, 0.3) is 10.9 Å². The number of fused-ring (bicyclic) bond motifs is 4. The Bertz CT molecular complexity index is 1200. The van der Waals surface area contributed by atoms with E-state index in [9.17, 15) is 9.90 Å². The number of methoxy groups -OCH3 is 1. The first-order chi connectivity index (χ1) is 17.0. The number of amides is 1. The molecule has 1 aromatic heterocycles. The molecule has 2 aromatic carbocycles. The zero-order valence-corrected chi connectivity index (χ0v) is 21.3. The molecule has 2 N–H and O–H groups in total. The van der Waals surface area contributed by atoms with Crippen molar-refractivity contribution in [3.8, 4) is 5.75 Å². The lowest BCUT2D eigenvalue weighted by Gasteiger charge is -2.50. The highest BCUT2D eigenvalue weighted by Crippen LogP contribution is 2.49. The fourth-order valence-corrected chi connectivity index (χ4v) is 6.19. The number of aliphatic hydroxyl groups excluding tert-OH is 1. The van der Waals surface area contributed by atoms with Crippen molar-refractivity contribution in [2.45, 2.75) is 50.6 Å². The van der Waals surface area contributed by atoms with Crippen molar-refractivity contribution in [1.82, 2.24) is 14.8 Å². The quantitative estimate of drug-likeness (QED) is 0.502. The van der Waals surface area contributed by atoms with Gasteiger partial charge in [-0.1, -0.05) is 30.7 Å². The van der Waals surface area contributed by atoms with Crippen LogP contribution in [0.2, 0.25) is 5.02 Å². The Labute approximate surface area is 211 Å². The van der Waals surface area contributed by atoms with Gasteiger partial charge in [-0.25, -0.2) is 0 Å². The second-order valence-corrected chi connectivity index (χ2v) is 10.4. The Balaban J connectivity index is 1.56. The average Bonchev–Trinajstić information content (AvgIpc) is 3.25. The second-order valence-electron chi connectivity index (χ2n) is 9.97. The summed E-state index contributed by atoms with van der Waals surface area (Å²) in [4.78, 5) is 20.7. The van der Waals surface area contributed by atoms with E-state index in [1.807, 2.05) is 29.2 Å². The first-order valence-electron chi connectivity index (χ1n) is 12.5. The van der Waals surface area contributed by atoms with E-state index in [0.29, 0.717) is 6.42 Å². The number of hydrogen-bond donors (Lipinski definition) is 2. The Kier molecular flexibility index (Phi) is 6.80. The van der Waals surface area contributed by atoms with Crippen LogP contribution in [-0.4, -0.2) is 59.1 Å². The number of carbonyl (C=O) groups excluding carboxylic acids is 1. The molecule has 1 saturated heterocycles. The molecule has 0 unspecified atom stereocenters. The molecule has 0 radical (unpaired) electrons. The average molecular weight is 496 g/mol. The van der Waals surface area contributed by atoms with Gasteiger partial charge in [0.2, 0.25) is 5.91 Å². The Morgan fingerprint density at radius 3 is 2.60 bits per heavy atom. The molecule has 1 atom stereocenters. The normalized spacial score (nSPS) is 19.8. The van der Waals surface area contributed by atoms with Gasteiger partial charge in [-0.15, -0.1) is 0 Å².